The molecule has 0 saturated carbocycles. The zero-order chi connectivity index (χ0) is 31.1. The number of hydrogen-bond donors (Lipinski definition) is 2. The highest BCUT2D eigenvalue weighted by molar-refractivity contribution is 7.90. The van der Waals surface area contributed by atoms with Crippen molar-refractivity contribution in [2.75, 3.05) is 70.2 Å². The molecular weight excluding hydrogens is 570 g/mol. The number of ether oxygens (including phenoxy) is 1. The van der Waals surface area contributed by atoms with E-state index in [-0.39, 0.29) is 24.6 Å². The molecule has 1 amide bonds. The highest BCUT2D eigenvalue weighted by atomic mass is 32.2. The molecule has 3 aromatic rings. The molecule has 43 heavy (non-hydrogen) atoms. The Balaban J connectivity index is 1.54. The Morgan fingerprint density at radius 1 is 1.14 bits per heavy atom. The Kier molecular flexibility index (Phi) is 8.50. The van der Waals surface area contributed by atoms with Crippen LogP contribution in [-0.2, 0) is 16.8 Å². The number of pyridine rings is 2. The zero-order valence-corrected chi connectivity index (χ0v) is 26.3. The van der Waals surface area contributed by atoms with Crippen LogP contribution >= 0.6 is 0 Å². The van der Waals surface area contributed by atoms with Crippen LogP contribution in [0.1, 0.15) is 40.0 Å². The van der Waals surface area contributed by atoms with Gasteiger partial charge in [0, 0.05) is 75.8 Å². The Hall–Kier alpha value is -3.94. The first kappa shape index (κ1) is 30.5. The Labute approximate surface area is 252 Å². The van der Waals surface area contributed by atoms with Crippen LogP contribution in [0.4, 0.5) is 11.5 Å². The van der Waals surface area contributed by atoms with E-state index in [0.717, 1.165) is 37.6 Å². The maximum absolute atomic E-state index is 13.8. The van der Waals surface area contributed by atoms with Gasteiger partial charge in [-0.25, -0.2) is 4.98 Å². The number of aromatic nitrogens is 2. The van der Waals surface area contributed by atoms with Crippen LogP contribution in [0.2, 0.25) is 0 Å². The number of amides is 1. The van der Waals surface area contributed by atoms with Gasteiger partial charge in [-0.05, 0) is 55.4 Å². The summed E-state index contributed by atoms with van der Waals surface area (Å²) in [5, 5.41) is 2.87. The van der Waals surface area contributed by atoms with Gasteiger partial charge in [0.2, 0.25) is 0 Å². The van der Waals surface area contributed by atoms with Crippen LogP contribution in [0, 0.1) is 6.92 Å². The van der Waals surface area contributed by atoms with Gasteiger partial charge in [0.25, 0.3) is 11.5 Å². The molecule has 5 rings (SSSR count). The lowest BCUT2D eigenvalue weighted by atomic mass is 9.93. The van der Waals surface area contributed by atoms with Crippen molar-refractivity contribution < 1.29 is 17.9 Å². The maximum atomic E-state index is 13.8. The van der Waals surface area contributed by atoms with Crippen LogP contribution in [-0.4, -0.2) is 94.5 Å². The van der Waals surface area contributed by atoms with Gasteiger partial charge in [0.1, 0.15) is 11.6 Å². The summed E-state index contributed by atoms with van der Waals surface area (Å²) in [5.74, 6) is 0.593. The number of likely N-dealkylation sites (N-methyl/N-ethyl adjacent to an activating group) is 1. The van der Waals surface area contributed by atoms with E-state index in [4.69, 9.17) is 9.72 Å². The van der Waals surface area contributed by atoms with E-state index in [1.54, 1.807) is 25.3 Å². The lowest BCUT2D eigenvalue weighted by Gasteiger charge is -2.33. The zero-order valence-electron chi connectivity index (χ0n) is 25.5. The predicted molar refractivity (Wildman–Crippen MR) is 167 cm³/mol. The van der Waals surface area contributed by atoms with Crippen molar-refractivity contribution in [2.24, 2.45) is 0 Å². The Bertz CT molecular complexity index is 1680. The van der Waals surface area contributed by atoms with Gasteiger partial charge in [0.15, 0.2) is 0 Å². The molecule has 2 aromatic heterocycles. The first-order valence-corrected chi connectivity index (χ1v) is 15.6. The topological polar surface area (TPSA) is 131 Å². The van der Waals surface area contributed by atoms with Crippen molar-refractivity contribution in [3.8, 4) is 16.9 Å². The van der Waals surface area contributed by atoms with Crippen LogP contribution in [0.5, 0.6) is 5.75 Å². The summed E-state index contributed by atoms with van der Waals surface area (Å²) in [5.41, 5.74) is 3.46. The third-order valence-corrected chi connectivity index (χ3v) is 9.95. The van der Waals surface area contributed by atoms with E-state index in [9.17, 15) is 18.0 Å². The minimum Gasteiger partial charge on any atom is -0.496 e. The van der Waals surface area contributed by atoms with Crippen LogP contribution in [0.25, 0.3) is 11.1 Å². The van der Waals surface area contributed by atoms with E-state index in [0.29, 0.717) is 39.4 Å². The molecule has 2 aliphatic heterocycles. The fourth-order valence-electron chi connectivity index (χ4n) is 5.65. The molecule has 2 aliphatic rings. The van der Waals surface area contributed by atoms with Gasteiger partial charge >= 0.3 is 10.2 Å². The average molecular weight is 610 g/mol. The number of rotatable bonds is 8. The van der Waals surface area contributed by atoms with Crippen molar-refractivity contribution in [3.05, 3.63) is 69.3 Å². The molecule has 230 valence electrons. The summed E-state index contributed by atoms with van der Waals surface area (Å²) >= 11 is 0. The largest absolute Gasteiger partial charge is 0.496 e. The van der Waals surface area contributed by atoms with E-state index in [1.807, 2.05) is 25.1 Å². The summed E-state index contributed by atoms with van der Waals surface area (Å²) in [6, 6.07) is 9.20. The smallest absolute Gasteiger partial charge is 0.303 e. The van der Waals surface area contributed by atoms with Crippen molar-refractivity contribution in [2.45, 2.75) is 26.3 Å². The molecule has 4 heterocycles. The van der Waals surface area contributed by atoms with Crippen LogP contribution in [0.15, 0.2) is 41.3 Å². The fraction of sp³-hybridized carbons (Fsp3) is 0.433. The van der Waals surface area contributed by atoms with E-state index >= 15 is 0 Å². The molecule has 2 N–H and O–H groups in total. The average Bonchev–Trinajstić information content (AvgIpc) is 3.33. The summed E-state index contributed by atoms with van der Waals surface area (Å²) in [4.78, 5) is 38.4. The number of methoxy groups -OCH3 is 1. The molecule has 1 fully saturated rings. The molecule has 0 radical (unpaired) electrons. The summed E-state index contributed by atoms with van der Waals surface area (Å²) < 4.78 is 34.6. The van der Waals surface area contributed by atoms with E-state index in [2.05, 4.69) is 27.1 Å². The number of aromatic amines is 1. The molecule has 0 aliphatic carbocycles. The maximum Gasteiger partial charge on any atom is 0.303 e. The number of H-pyrrole nitrogens is 1. The van der Waals surface area contributed by atoms with Gasteiger partial charge in [-0.3, -0.25) is 13.9 Å². The molecular formula is C30H39N7O5S. The van der Waals surface area contributed by atoms with Crippen LogP contribution < -0.4 is 24.8 Å². The minimum atomic E-state index is -3.82. The van der Waals surface area contributed by atoms with E-state index in [1.165, 1.54) is 29.8 Å². The number of hydrogen-bond acceptors (Lipinski definition) is 8. The quantitative estimate of drug-likeness (QED) is 0.398. The van der Waals surface area contributed by atoms with Gasteiger partial charge in [-0.1, -0.05) is 6.92 Å². The van der Waals surface area contributed by atoms with Gasteiger partial charge < -0.3 is 24.8 Å². The van der Waals surface area contributed by atoms with Crippen molar-refractivity contribution in [1.29, 1.82) is 0 Å². The monoisotopic (exact) mass is 609 g/mol. The summed E-state index contributed by atoms with van der Waals surface area (Å²) in [7, 11) is 2.74. The molecule has 13 heteroatoms. The molecule has 12 nitrogen and oxygen atoms in total. The minimum absolute atomic E-state index is 0.0635. The summed E-state index contributed by atoms with van der Waals surface area (Å²) in [6.07, 6.45) is 1.76. The van der Waals surface area contributed by atoms with Gasteiger partial charge in [-0.2, -0.15) is 12.7 Å². The highest BCUT2D eigenvalue weighted by Gasteiger charge is 2.38. The van der Waals surface area contributed by atoms with E-state index < -0.39 is 16.1 Å². The second kappa shape index (κ2) is 12.0. The Morgan fingerprint density at radius 2 is 1.86 bits per heavy atom. The second-order valence-electron chi connectivity index (χ2n) is 11.4. The second-order valence-corrected chi connectivity index (χ2v) is 13.5. The molecule has 0 spiro atoms. The normalized spacial score (nSPS) is 17.3. The highest BCUT2D eigenvalue weighted by Crippen LogP contribution is 2.43. The number of piperazine rings is 1. The number of nitrogens with one attached hydrogen (secondary N) is 2. The molecule has 0 bridgehead atoms. The SMILES string of the molecule is COc1cc(C)[nH]c(=O)c1CNC(=O)c1cc(-c2ccc(N3CCN(C)CC3)nc2)cc2c1C(C)CN2S(=O)(=O)N(C)C. The number of fused-ring (bicyclic) bond motifs is 1. The predicted octanol–water partition coefficient (Wildman–Crippen LogP) is 2.17. The Morgan fingerprint density at radius 3 is 2.49 bits per heavy atom. The number of carbonyl (C=O) groups excluding carboxylic acids is 1. The third-order valence-electron chi connectivity index (χ3n) is 8.13. The van der Waals surface area contributed by atoms with Crippen molar-refractivity contribution >= 4 is 27.6 Å². The number of nitrogens with zero attached hydrogens (tertiary/aromatic N) is 5. The summed E-state index contributed by atoms with van der Waals surface area (Å²) in [6.45, 7) is 7.48. The van der Waals surface area contributed by atoms with Gasteiger partial charge in [-0.15, -0.1) is 0 Å². The number of benzene rings is 1. The molecule has 1 atom stereocenters. The standard InChI is InChI=1S/C30H39N7O5S/c1-19-18-37(43(40,41)34(3)4)25-15-22(21-7-8-27(31-16-21)36-11-9-35(5)10-12-36)14-23(28(19)25)29(38)32-17-24-26(42-6)13-20(2)33-30(24)39/h7-8,13-16,19H,9-12,17-18H2,1-6H3,(H,32,38)(H,33,39). The fourth-order valence-corrected chi connectivity index (χ4v) is 6.86. The number of aryl methyl sites for hydroxylation is 1. The van der Waals surface area contributed by atoms with Gasteiger partial charge in [0.05, 0.1) is 24.9 Å². The number of carbonyl (C=O) groups is 1. The van der Waals surface area contributed by atoms with Crippen molar-refractivity contribution in [1.82, 2.24) is 24.5 Å². The van der Waals surface area contributed by atoms with Crippen LogP contribution in [0.3, 0.4) is 0 Å². The third kappa shape index (κ3) is 5.97. The molecule has 1 unspecified atom stereocenters. The lowest BCUT2D eigenvalue weighted by molar-refractivity contribution is 0.0949. The lowest BCUT2D eigenvalue weighted by Crippen LogP contribution is -2.44. The molecule has 1 aromatic carbocycles. The first-order chi connectivity index (χ1) is 20.4. The number of anilines is 2. The van der Waals surface area contributed by atoms with Crippen molar-refractivity contribution in [3.63, 3.8) is 0 Å². The molecule has 1 saturated heterocycles. The first-order valence-electron chi connectivity index (χ1n) is 14.2.